The second kappa shape index (κ2) is 6.68. The highest BCUT2D eigenvalue weighted by Gasteiger charge is 2.40. The maximum absolute atomic E-state index is 12.8. The predicted molar refractivity (Wildman–Crippen MR) is 109 cm³/mol. The van der Waals surface area contributed by atoms with E-state index in [0.29, 0.717) is 21.9 Å². The third kappa shape index (κ3) is 2.85. The van der Waals surface area contributed by atoms with E-state index in [1.807, 2.05) is 22.8 Å². The molecule has 0 saturated carbocycles. The second-order valence-electron chi connectivity index (χ2n) is 7.32. The SMILES string of the molecule is CCCCn1c(=C2C(=O)OC(C)(C)OC2=O)c2cccc3c(Cl)cc(Cl)c1c32. The molecule has 0 unspecified atom stereocenters. The molecule has 0 N–H and O–H groups in total. The molecule has 146 valence electrons. The number of ether oxygens (including phenoxy) is 2. The summed E-state index contributed by atoms with van der Waals surface area (Å²) in [6, 6.07) is 7.28. The topological polar surface area (TPSA) is 57.5 Å². The van der Waals surface area contributed by atoms with Gasteiger partial charge in [0.1, 0.15) is 0 Å². The maximum atomic E-state index is 12.8. The normalized spacial score (nSPS) is 16.7. The van der Waals surface area contributed by atoms with E-state index in [2.05, 4.69) is 6.92 Å². The number of unbranched alkanes of at least 4 members (excludes halogenated alkanes) is 1. The summed E-state index contributed by atoms with van der Waals surface area (Å²) in [7, 11) is 0. The van der Waals surface area contributed by atoms with E-state index in [4.69, 9.17) is 32.7 Å². The zero-order valence-electron chi connectivity index (χ0n) is 15.8. The number of halogens is 2. The van der Waals surface area contributed by atoms with E-state index in [0.717, 1.165) is 34.5 Å². The summed E-state index contributed by atoms with van der Waals surface area (Å²) < 4.78 is 12.6. The minimum atomic E-state index is -1.30. The number of aryl methyl sites for hydroxylation is 1. The average Bonchev–Trinajstić information content (AvgIpc) is 2.91. The summed E-state index contributed by atoms with van der Waals surface area (Å²) in [4.78, 5) is 25.6. The van der Waals surface area contributed by atoms with Crippen LogP contribution in [-0.4, -0.2) is 22.3 Å². The third-order valence-corrected chi connectivity index (χ3v) is 5.49. The van der Waals surface area contributed by atoms with Gasteiger partial charge in [-0.25, -0.2) is 9.59 Å². The Morgan fingerprint density at radius 2 is 1.68 bits per heavy atom. The van der Waals surface area contributed by atoms with Crippen molar-refractivity contribution in [3.05, 3.63) is 39.7 Å². The molecular formula is C21H19Cl2NO4. The lowest BCUT2D eigenvalue weighted by molar-refractivity contribution is -0.217. The van der Waals surface area contributed by atoms with Crippen molar-refractivity contribution in [1.82, 2.24) is 4.57 Å². The summed E-state index contributed by atoms with van der Waals surface area (Å²) in [5, 5.41) is 3.80. The highest BCUT2D eigenvalue weighted by molar-refractivity contribution is 6.44. The Morgan fingerprint density at radius 1 is 1.04 bits per heavy atom. The number of nitrogens with zero attached hydrogens (tertiary/aromatic N) is 1. The molecule has 5 nitrogen and oxygen atoms in total. The first-order chi connectivity index (χ1) is 13.2. The van der Waals surface area contributed by atoms with Crippen molar-refractivity contribution >= 4 is 62.4 Å². The van der Waals surface area contributed by atoms with Crippen LogP contribution in [0, 0.1) is 0 Å². The van der Waals surface area contributed by atoms with Crippen LogP contribution in [0.25, 0.3) is 27.2 Å². The van der Waals surface area contributed by atoms with Crippen molar-refractivity contribution < 1.29 is 19.1 Å². The molecule has 1 aliphatic rings. The number of esters is 2. The lowest BCUT2D eigenvalue weighted by Gasteiger charge is -2.29. The molecule has 0 aliphatic carbocycles. The average molecular weight is 420 g/mol. The number of rotatable bonds is 3. The van der Waals surface area contributed by atoms with Crippen molar-refractivity contribution in [2.75, 3.05) is 0 Å². The fraction of sp³-hybridized carbons (Fsp3) is 0.333. The Kier molecular flexibility index (Phi) is 4.55. The van der Waals surface area contributed by atoms with Gasteiger partial charge in [-0.1, -0.05) is 54.7 Å². The molecule has 0 bridgehead atoms. The van der Waals surface area contributed by atoms with E-state index in [1.165, 1.54) is 13.8 Å². The number of aromatic nitrogens is 1. The van der Waals surface area contributed by atoms with Crippen LogP contribution >= 0.6 is 23.2 Å². The number of hydrogen-bond acceptors (Lipinski definition) is 4. The molecule has 7 heteroatoms. The largest absolute Gasteiger partial charge is 0.419 e. The van der Waals surface area contributed by atoms with Crippen LogP contribution in [0.1, 0.15) is 33.6 Å². The van der Waals surface area contributed by atoms with Crippen LogP contribution in [0.3, 0.4) is 0 Å². The lowest BCUT2D eigenvalue weighted by atomic mass is 10.1. The van der Waals surface area contributed by atoms with Gasteiger partial charge in [0.2, 0.25) is 0 Å². The Hall–Kier alpha value is -2.24. The maximum Gasteiger partial charge on any atom is 0.351 e. The van der Waals surface area contributed by atoms with Gasteiger partial charge in [0.25, 0.3) is 5.79 Å². The Morgan fingerprint density at radius 3 is 2.32 bits per heavy atom. The molecule has 1 aromatic heterocycles. The molecule has 28 heavy (non-hydrogen) atoms. The molecule has 0 amide bonds. The number of benzene rings is 2. The van der Waals surface area contributed by atoms with Crippen LogP contribution in [0.2, 0.25) is 10.0 Å². The first-order valence-electron chi connectivity index (χ1n) is 9.14. The van der Waals surface area contributed by atoms with Gasteiger partial charge >= 0.3 is 11.9 Å². The Bertz CT molecular complexity index is 1170. The lowest BCUT2D eigenvalue weighted by Crippen LogP contribution is -2.44. The van der Waals surface area contributed by atoms with Gasteiger partial charge in [-0.3, -0.25) is 0 Å². The predicted octanol–water partition coefficient (Wildman–Crippen LogP) is 4.61. The molecule has 2 heterocycles. The smallest absolute Gasteiger partial charge is 0.351 e. The first kappa shape index (κ1) is 19.1. The van der Waals surface area contributed by atoms with Gasteiger partial charge in [-0.15, -0.1) is 0 Å². The molecule has 0 spiro atoms. The van der Waals surface area contributed by atoms with Gasteiger partial charge < -0.3 is 14.0 Å². The van der Waals surface area contributed by atoms with Crippen molar-refractivity contribution in [3.8, 4) is 0 Å². The van der Waals surface area contributed by atoms with Gasteiger partial charge in [0, 0.05) is 36.6 Å². The van der Waals surface area contributed by atoms with Crippen molar-refractivity contribution in [1.29, 1.82) is 0 Å². The quantitative estimate of drug-likeness (QED) is 0.581. The van der Waals surface area contributed by atoms with Crippen LogP contribution < -0.4 is 5.35 Å². The first-order valence-corrected chi connectivity index (χ1v) is 9.90. The standard InChI is InChI=1S/C21H19Cl2NO4/c1-4-5-9-24-17(16-19(25)27-21(2,3)28-20(16)26)12-8-6-7-11-13(22)10-14(23)18(24)15(11)12/h6-8,10H,4-5,9H2,1-3H3. The summed E-state index contributed by atoms with van der Waals surface area (Å²) in [5.41, 5.74) is 0.629. The molecule has 1 fully saturated rings. The molecule has 0 radical (unpaired) electrons. The molecule has 4 rings (SSSR count). The fourth-order valence-electron chi connectivity index (χ4n) is 3.76. The number of cyclic esters (lactones) is 2. The van der Waals surface area contributed by atoms with E-state index in [1.54, 1.807) is 6.07 Å². The third-order valence-electron chi connectivity index (χ3n) is 4.89. The number of carbonyl (C=O) groups is 2. The van der Waals surface area contributed by atoms with Gasteiger partial charge in [0.15, 0.2) is 5.57 Å². The van der Waals surface area contributed by atoms with Gasteiger partial charge in [0.05, 0.1) is 20.9 Å². The molecule has 1 aliphatic heterocycles. The molecule has 1 saturated heterocycles. The number of hydrogen-bond donors (Lipinski definition) is 0. The monoisotopic (exact) mass is 419 g/mol. The van der Waals surface area contributed by atoms with Crippen LogP contribution in [0.4, 0.5) is 0 Å². The summed E-state index contributed by atoms with van der Waals surface area (Å²) >= 11 is 13.0. The summed E-state index contributed by atoms with van der Waals surface area (Å²) in [6.45, 7) is 5.71. The van der Waals surface area contributed by atoms with E-state index in [-0.39, 0.29) is 5.57 Å². The van der Waals surface area contributed by atoms with E-state index >= 15 is 0 Å². The Labute approximate surface area is 171 Å². The zero-order chi connectivity index (χ0) is 20.2. The highest BCUT2D eigenvalue weighted by atomic mass is 35.5. The van der Waals surface area contributed by atoms with Gasteiger partial charge in [-0.2, -0.15) is 0 Å². The summed E-state index contributed by atoms with van der Waals surface area (Å²) in [5.74, 6) is -2.71. The molecule has 2 aromatic carbocycles. The van der Waals surface area contributed by atoms with E-state index in [9.17, 15) is 9.59 Å². The number of carbonyl (C=O) groups excluding carboxylic acids is 2. The summed E-state index contributed by atoms with van der Waals surface area (Å²) in [6.07, 6.45) is 1.78. The van der Waals surface area contributed by atoms with Crippen LogP contribution in [-0.2, 0) is 25.6 Å². The van der Waals surface area contributed by atoms with Crippen molar-refractivity contribution in [2.45, 2.75) is 45.9 Å². The van der Waals surface area contributed by atoms with Gasteiger partial charge in [-0.05, 0) is 12.5 Å². The minimum Gasteiger partial charge on any atom is -0.419 e. The van der Waals surface area contributed by atoms with Crippen LogP contribution in [0.15, 0.2) is 24.3 Å². The second-order valence-corrected chi connectivity index (χ2v) is 8.14. The molecular weight excluding hydrogens is 401 g/mol. The zero-order valence-corrected chi connectivity index (χ0v) is 17.3. The van der Waals surface area contributed by atoms with Crippen LogP contribution in [0.5, 0.6) is 0 Å². The Balaban J connectivity index is 2.20. The fourth-order valence-corrected chi connectivity index (χ4v) is 4.39. The molecule has 3 aromatic rings. The van der Waals surface area contributed by atoms with E-state index < -0.39 is 17.7 Å². The van der Waals surface area contributed by atoms with Crippen molar-refractivity contribution in [3.63, 3.8) is 0 Å². The van der Waals surface area contributed by atoms with Crippen molar-refractivity contribution in [2.24, 2.45) is 0 Å². The molecule has 0 atom stereocenters. The highest BCUT2D eigenvalue weighted by Crippen LogP contribution is 2.37. The minimum absolute atomic E-state index is 0.119.